The Morgan fingerprint density at radius 1 is 1.16 bits per heavy atom. The fraction of sp³-hybridized carbons (Fsp3) is 0.250. The summed E-state index contributed by atoms with van der Waals surface area (Å²) >= 11 is 0. The molecule has 162 valence electrons. The van der Waals surface area contributed by atoms with Gasteiger partial charge in [-0.3, -0.25) is 0 Å². The van der Waals surface area contributed by atoms with Crippen molar-refractivity contribution in [1.82, 2.24) is 0 Å². The number of hydrogen-bond acceptors (Lipinski definition) is 3. The Morgan fingerprint density at radius 2 is 1.94 bits per heavy atom. The number of methoxy groups -OCH3 is 1. The molecule has 2 rings (SSSR count). The van der Waals surface area contributed by atoms with Gasteiger partial charge in [0.1, 0.15) is 5.75 Å². The third-order valence-electron chi connectivity index (χ3n) is 4.78. The maximum Gasteiger partial charge on any atom is 0.330 e. The van der Waals surface area contributed by atoms with E-state index in [1.165, 1.54) is 6.08 Å². The van der Waals surface area contributed by atoms with Crippen LogP contribution in [0.4, 0.5) is 0 Å². The third kappa shape index (κ3) is 6.85. The Balaban J connectivity index is 2.46. The van der Waals surface area contributed by atoms with Gasteiger partial charge in [0.25, 0.3) is 0 Å². The van der Waals surface area contributed by atoms with Crippen molar-refractivity contribution in [2.75, 3.05) is 13.7 Å². The SMILES string of the molecule is C=C/C(=C\C=C/C(C)C)c1ccc(-c2ccc(OC)cc2/C=C/C(=O)OCC)cc1C. The molecule has 0 bridgehead atoms. The summed E-state index contributed by atoms with van der Waals surface area (Å²) in [5.74, 6) is 0.870. The van der Waals surface area contributed by atoms with E-state index in [4.69, 9.17) is 9.47 Å². The van der Waals surface area contributed by atoms with E-state index in [-0.39, 0.29) is 5.97 Å². The number of allylic oxidation sites excluding steroid dienone is 5. The van der Waals surface area contributed by atoms with Crippen molar-refractivity contribution in [3.8, 4) is 16.9 Å². The van der Waals surface area contributed by atoms with Gasteiger partial charge in [-0.1, -0.05) is 69.0 Å². The van der Waals surface area contributed by atoms with Crippen molar-refractivity contribution in [2.24, 2.45) is 5.92 Å². The Hall–Kier alpha value is -3.33. The second-order valence-corrected chi connectivity index (χ2v) is 7.52. The molecule has 0 saturated carbocycles. The Labute approximate surface area is 186 Å². The summed E-state index contributed by atoms with van der Waals surface area (Å²) in [5, 5.41) is 0. The molecule has 0 heterocycles. The fourth-order valence-corrected chi connectivity index (χ4v) is 3.22. The highest BCUT2D eigenvalue weighted by molar-refractivity contribution is 5.90. The quantitative estimate of drug-likeness (QED) is 0.250. The first-order chi connectivity index (χ1) is 14.9. The molecule has 0 saturated heterocycles. The summed E-state index contributed by atoms with van der Waals surface area (Å²) < 4.78 is 10.4. The van der Waals surface area contributed by atoms with Crippen molar-refractivity contribution in [1.29, 1.82) is 0 Å². The largest absolute Gasteiger partial charge is 0.497 e. The summed E-state index contributed by atoms with van der Waals surface area (Å²) in [6.45, 7) is 12.5. The predicted molar refractivity (Wildman–Crippen MR) is 131 cm³/mol. The van der Waals surface area contributed by atoms with Crippen molar-refractivity contribution in [3.05, 3.63) is 90.0 Å². The second kappa shape index (κ2) is 11.8. The maximum absolute atomic E-state index is 11.8. The zero-order valence-electron chi connectivity index (χ0n) is 19.1. The summed E-state index contributed by atoms with van der Waals surface area (Å²) in [6.07, 6.45) is 11.4. The number of esters is 1. The molecule has 0 spiro atoms. The molecule has 0 aliphatic heterocycles. The van der Waals surface area contributed by atoms with Crippen molar-refractivity contribution >= 4 is 17.6 Å². The highest BCUT2D eigenvalue weighted by Crippen LogP contribution is 2.31. The lowest BCUT2D eigenvalue weighted by Gasteiger charge is -2.13. The van der Waals surface area contributed by atoms with E-state index in [2.05, 4.69) is 63.8 Å². The average molecular weight is 417 g/mol. The molecular formula is C28H32O3. The zero-order valence-corrected chi connectivity index (χ0v) is 19.1. The Bertz CT molecular complexity index is 1010. The molecule has 31 heavy (non-hydrogen) atoms. The molecule has 2 aromatic carbocycles. The number of carbonyl (C=O) groups excluding carboxylic acids is 1. The van der Waals surface area contributed by atoms with Crippen LogP contribution in [0.5, 0.6) is 5.75 Å². The van der Waals surface area contributed by atoms with Gasteiger partial charge >= 0.3 is 5.97 Å². The highest BCUT2D eigenvalue weighted by atomic mass is 16.5. The topological polar surface area (TPSA) is 35.5 Å². The maximum atomic E-state index is 11.8. The van der Waals surface area contributed by atoms with E-state index in [1.54, 1.807) is 20.1 Å². The van der Waals surface area contributed by atoms with Gasteiger partial charge in [-0.25, -0.2) is 4.79 Å². The van der Waals surface area contributed by atoms with Gasteiger partial charge in [0.05, 0.1) is 13.7 Å². The minimum Gasteiger partial charge on any atom is -0.497 e. The van der Waals surface area contributed by atoms with Crippen molar-refractivity contribution < 1.29 is 14.3 Å². The van der Waals surface area contributed by atoms with E-state index in [9.17, 15) is 4.79 Å². The van der Waals surface area contributed by atoms with Crippen molar-refractivity contribution in [3.63, 3.8) is 0 Å². The first kappa shape index (κ1) is 23.9. The van der Waals surface area contributed by atoms with E-state index in [0.29, 0.717) is 12.5 Å². The average Bonchev–Trinajstić information content (AvgIpc) is 2.75. The van der Waals surface area contributed by atoms with Crippen LogP contribution in [0, 0.1) is 12.8 Å². The predicted octanol–water partition coefficient (Wildman–Crippen LogP) is 7.03. The van der Waals surface area contributed by atoms with Gasteiger partial charge in [-0.2, -0.15) is 0 Å². The lowest BCUT2D eigenvalue weighted by atomic mass is 9.93. The molecule has 0 aliphatic rings. The number of rotatable bonds is 9. The minimum atomic E-state index is -0.363. The summed E-state index contributed by atoms with van der Waals surface area (Å²) in [5.41, 5.74) is 6.34. The van der Waals surface area contributed by atoms with Gasteiger partial charge in [-0.05, 0) is 71.4 Å². The summed E-state index contributed by atoms with van der Waals surface area (Å²) in [7, 11) is 1.63. The van der Waals surface area contributed by atoms with Crippen LogP contribution < -0.4 is 4.74 Å². The molecular weight excluding hydrogens is 384 g/mol. The zero-order chi connectivity index (χ0) is 22.8. The first-order valence-electron chi connectivity index (χ1n) is 10.5. The Morgan fingerprint density at radius 3 is 2.55 bits per heavy atom. The lowest BCUT2D eigenvalue weighted by molar-refractivity contribution is -0.137. The van der Waals surface area contributed by atoms with E-state index in [1.807, 2.05) is 24.3 Å². The molecule has 0 unspecified atom stereocenters. The normalized spacial score (nSPS) is 12.0. The van der Waals surface area contributed by atoms with Gasteiger partial charge in [0, 0.05) is 6.08 Å². The smallest absolute Gasteiger partial charge is 0.330 e. The summed E-state index contributed by atoms with van der Waals surface area (Å²) in [6, 6.07) is 12.2. The van der Waals surface area contributed by atoms with Crippen LogP contribution in [-0.2, 0) is 9.53 Å². The molecule has 0 N–H and O–H groups in total. The molecule has 0 aromatic heterocycles. The summed E-state index contributed by atoms with van der Waals surface area (Å²) in [4.78, 5) is 11.8. The third-order valence-corrected chi connectivity index (χ3v) is 4.78. The van der Waals surface area contributed by atoms with Crippen LogP contribution in [0.3, 0.4) is 0 Å². The van der Waals surface area contributed by atoms with Crippen LogP contribution in [-0.4, -0.2) is 19.7 Å². The van der Waals surface area contributed by atoms with Crippen molar-refractivity contribution in [2.45, 2.75) is 27.7 Å². The number of hydrogen-bond donors (Lipinski definition) is 0. The van der Waals surface area contributed by atoms with Crippen LogP contribution in [0.15, 0.2) is 73.4 Å². The number of aryl methyl sites for hydroxylation is 1. The van der Waals surface area contributed by atoms with Gasteiger partial charge in [-0.15, -0.1) is 0 Å². The molecule has 3 heteroatoms. The molecule has 2 aromatic rings. The van der Waals surface area contributed by atoms with E-state index in [0.717, 1.165) is 39.1 Å². The van der Waals surface area contributed by atoms with Gasteiger partial charge in [0.2, 0.25) is 0 Å². The molecule has 0 atom stereocenters. The standard InChI is InChI=1S/C28H32O3/c1-7-22(11-9-10-20(3)4)26-15-12-23(18-21(26)5)27-16-14-25(30-6)19-24(27)13-17-28(29)31-8-2/h7,9-20H,1,8H2,2-6H3/b10-9-,17-13+,22-11+. The second-order valence-electron chi connectivity index (χ2n) is 7.52. The van der Waals surface area contributed by atoms with Crippen LogP contribution in [0.1, 0.15) is 37.5 Å². The minimum absolute atomic E-state index is 0.348. The highest BCUT2D eigenvalue weighted by Gasteiger charge is 2.09. The number of carbonyl (C=O) groups is 1. The molecule has 0 fully saturated rings. The van der Waals surface area contributed by atoms with E-state index < -0.39 is 0 Å². The van der Waals surface area contributed by atoms with Crippen LogP contribution in [0.25, 0.3) is 22.8 Å². The molecule has 3 nitrogen and oxygen atoms in total. The van der Waals surface area contributed by atoms with Gasteiger partial charge in [0.15, 0.2) is 0 Å². The fourth-order valence-electron chi connectivity index (χ4n) is 3.22. The molecule has 0 radical (unpaired) electrons. The van der Waals surface area contributed by atoms with Crippen LogP contribution >= 0.6 is 0 Å². The number of benzene rings is 2. The number of ether oxygens (including phenoxy) is 2. The van der Waals surface area contributed by atoms with Gasteiger partial charge < -0.3 is 9.47 Å². The van der Waals surface area contributed by atoms with Crippen LogP contribution in [0.2, 0.25) is 0 Å². The lowest BCUT2D eigenvalue weighted by Crippen LogP contribution is -1.99. The monoisotopic (exact) mass is 416 g/mol. The molecule has 0 aliphatic carbocycles. The molecule has 0 amide bonds. The van der Waals surface area contributed by atoms with E-state index >= 15 is 0 Å². The first-order valence-corrected chi connectivity index (χ1v) is 10.5. The Kier molecular flexibility index (Phi) is 9.08.